The molecule has 6 heteroatoms. The van der Waals surface area contributed by atoms with Gasteiger partial charge in [-0.25, -0.2) is 9.18 Å². The Bertz CT molecular complexity index is 656. The van der Waals surface area contributed by atoms with Gasteiger partial charge < -0.3 is 15.2 Å². The summed E-state index contributed by atoms with van der Waals surface area (Å²) in [6.45, 7) is -0.253. The van der Waals surface area contributed by atoms with Gasteiger partial charge in [-0.15, -0.1) is 0 Å². The third-order valence-corrected chi connectivity index (χ3v) is 3.23. The number of methoxy groups -OCH3 is 1. The van der Waals surface area contributed by atoms with Crippen molar-refractivity contribution >= 4 is 23.3 Å². The van der Waals surface area contributed by atoms with Crippen molar-refractivity contribution in [1.82, 2.24) is 0 Å². The molecule has 0 aromatic heterocycles. The molecule has 0 fully saturated rings. The fourth-order valence-corrected chi connectivity index (χ4v) is 1.95. The number of hydrogen-bond acceptors (Lipinski definition) is 4. The zero-order chi connectivity index (χ0) is 15.4. The van der Waals surface area contributed by atoms with E-state index in [0.29, 0.717) is 11.4 Å². The summed E-state index contributed by atoms with van der Waals surface area (Å²) in [7, 11) is 1.44. The van der Waals surface area contributed by atoms with E-state index in [1.807, 2.05) is 0 Å². The quantitative estimate of drug-likeness (QED) is 0.694. The van der Waals surface area contributed by atoms with E-state index in [2.05, 4.69) is 0 Å². The Morgan fingerprint density at radius 3 is 2.76 bits per heavy atom. The highest BCUT2D eigenvalue weighted by atomic mass is 35.5. The number of halogens is 2. The van der Waals surface area contributed by atoms with Crippen LogP contribution in [0.3, 0.4) is 0 Å². The van der Waals surface area contributed by atoms with Gasteiger partial charge in [0.15, 0.2) is 0 Å². The lowest BCUT2D eigenvalue weighted by Gasteiger charge is -2.09. The molecule has 0 saturated heterocycles. The van der Waals surface area contributed by atoms with Gasteiger partial charge in [0.05, 0.1) is 23.4 Å². The maximum Gasteiger partial charge on any atom is 0.338 e. The van der Waals surface area contributed by atoms with Gasteiger partial charge in [0.1, 0.15) is 18.2 Å². The molecule has 2 aromatic carbocycles. The van der Waals surface area contributed by atoms with Crippen molar-refractivity contribution < 1.29 is 18.7 Å². The Morgan fingerprint density at radius 1 is 1.33 bits per heavy atom. The second-order valence-electron chi connectivity index (χ2n) is 4.23. The minimum Gasteiger partial charge on any atom is -0.495 e. The molecule has 2 aromatic rings. The van der Waals surface area contributed by atoms with E-state index in [1.165, 1.54) is 43.5 Å². The van der Waals surface area contributed by atoms with Crippen molar-refractivity contribution in [3.8, 4) is 5.75 Å². The number of carbonyl (C=O) groups excluding carboxylic acids is 1. The van der Waals surface area contributed by atoms with E-state index in [9.17, 15) is 9.18 Å². The van der Waals surface area contributed by atoms with Crippen LogP contribution in [0.4, 0.5) is 10.1 Å². The number of anilines is 1. The Kier molecular flexibility index (Phi) is 4.65. The predicted molar refractivity (Wildman–Crippen MR) is 77.9 cm³/mol. The van der Waals surface area contributed by atoms with Crippen molar-refractivity contribution in [2.45, 2.75) is 6.61 Å². The number of rotatable bonds is 4. The molecule has 0 unspecified atom stereocenters. The van der Waals surface area contributed by atoms with Crippen LogP contribution in [0.15, 0.2) is 36.4 Å². The molecule has 2 N–H and O–H groups in total. The van der Waals surface area contributed by atoms with Crippen molar-refractivity contribution in [3.63, 3.8) is 0 Å². The average Bonchev–Trinajstić information content (AvgIpc) is 2.47. The summed E-state index contributed by atoms with van der Waals surface area (Å²) in [5.74, 6) is -0.772. The summed E-state index contributed by atoms with van der Waals surface area (Å²) in [4.78, 5) is 11.9. The van der Waals surface area contributed by atoms with E-state index in [0.717, 1.165) is 0 Å². The van der Waals surface area contributed by atoms with Crippen LogP contribution in [-0.2, 0) is 11.3 Å². The third kappa shape index (κ3) is 3.44. The highest BCUT2D eigenvalue weighted by Crippen LogP contribution is 2.24. The average molecular weight is 310 g/mol. The van der Waals surface area contributed by atoms with Gasteiger partial charge >= 0.3 is 5.97 Å². The molecular formula is C15H13ClFNO3. The van der Waals surface area contributed by atoms with Crippen LogP contribution in [0, 0.1) is 5.82 Å². The molecule has 0 atom stereocenters. The van der Waals surface area contributed by atoms with Crippen molar-refractivity contribution in [2.75, 3.05) is 12.8 Å². The van der Waals surface area contributed by atoms with E-state index in [-0.39, 0.29) is 22.8 Å². The van der Waals surface area contributed by atoms with Gasteiger partial charge in [0, 0.05) is 5.56 Å². The first-order valence-electron chi connectivity index (χ1n) is 6.06. The topological polar surface area (TPSA) is 61.5 Å². The number of nitrogen functional groups attached to an aromatic ring is 1. The molecule has 0 heterocycles. The number of nitrogens with two attached hydrogens (primary N) is 1. The Morgan fingerprint density at radius 2 is 2.10 bits per heavy atom. The largest absolute Gasteiger partial charge is 0.495 e. The Hall–Kier alpha value is -2.27. The lowest BCUT2D eigenvalue weighted by molar-refractivity contribution is 0.0469. The number of carbonyl (C=O) groups is 1. The van der Waals surface area contributed by atoms with Crippen LogP contribution in [0.1, 0.15) is 15.9 Å². The summed E-state index contributed by atoms with van der Waals surface area (Å²) in [6, 6.07) is 8.75. The molecule has 0 aliphatic carbocycles. The minimum atomic E-state index is -0.618. The molecule has 21 heavy (non-hydrogen) atoms. The van der Waals surface area contributed by atoms with Gasteiger partial charge in [-0.3, -0.25) is 0 Å². The van der Waals surface area contributed by atoms with Gasteiger partial charge in [-0.2, -0.15) is 0 Å². The second kappa shape index (κ2) is 6.45. The minimum absolute atomic E-state index is 0.134. The van der Waals surface area contributed by atoms with Gasteiger partial charge in [0.2, 0.25) is 0 Å². The highest BCUT2D eigenvalue weighted by Gasteiger charge is 2.13. The Balaban J connectivity index is 2.12. The van der Waals surface area contributed by atoms with E-state index in [1.54, 1.807) is 0 Å². The molecule has 0 bridgehead atoms. The van der Waals surface area contributed by atoms with E-state index < -0.39 is 11.8 Å². The molecule has 0 aliphatic rings. The third-order valence-electron chi connectivity index (χ3n) is 2.88. The molecule has 4 nitrogen and oxygen atoms in total. The van der Waals surface area contributed by atoms with Crippen molar-refractivity contribution in [3.05, 3.63) is 58.4 Å². The van der Waals surface area contributed by atoms with Gasteiger partial charge in [-0.1, -0.05) is 17.7 Å². The van der Waals surface area contributed by atoms with Crippen LogP contribution in [0.5, 0.6) is 5.75 Å². The summed E-state index contributed by atoms with van der Waals surface area (Å²) >= 11 is 5.86. The maximum absolute atomic E-state index is 13.6. The molecule has 110 valence electrons. The summed E-state index contributed by atoms with van der Waals surface area (Å²) in [6.07, 6.45) is 0. The summed E-state index contributed by atoms with van der Waals surface area (Å²) in [5, 5.41) is 0.206. The molecule has 2 rings (SSSR count). The number of hydrogen-bond donors (Lipinski definition) is 1. The maximum atomic E-state index is 13.6. The first-order chi connectivity index (χ1) is 10.0. The molecule has 0 saturated carbocycles. The lowest BCUT2D eigenvalue weighted by Crippen LogP contribution is -2.07. The summed E-state index contributed by atoms with van der Waals surface area (Å²) < 4.78 is 23.6. The number of ether oxygens (including phenoxy) is 2. The number of esters is 1. The molecular weight excluding hydrogens is 297 g/mol. The highest BCUT2D eigenvalue weighted by molar-refractivity contribution is 6.31. The molecule has 0 spiro atoms. The lowest BCUT2D eigenvalue weighted by atomic mass is 10.2. The zero-order valence-corrected chi connectivity index (χ0v) is 12.0. The number of benzene rings is 2. The van der Waals surface area contributed by atoms with Crippen LogP contribution in [0.2, 0.25) is 5.02 Å². The second-order valence-corrected chi connectivity index (χ2v) is 4.64. The van der Waals surface area contributed by atoms with Crippen molar-refractivity contribution in [1.29, 1.82) is 0 Å². The molecule has 0 radical (unpaired) electrons. The first-order valence-corrected chi connectivity index (χ1v) is 6.44. The van der Waals surface area contributed by atoms with E-state index in [4.69, 9.17) is 26.8 Å². The van der Waals surface area contributed by atoms with Crippen LogP contribution >= 0.6 is 11.6 Å². The smallest absolute Gasteiger partial charge is 0.338 e. The standard InChI is InChI=1S/C15H13ClFNO3/c1-20-14-7-9(5-6-13(14)18)15(19)21-8-10-11(16)3-2-4-12(10)17/h2-7H,8,18H2,1H3. The van der Waals surface area contributed by atoms with Gasteiger partial charge in [-0.05, 0) is 30.3 Å². The monoisotopic (exact) mass is 309 g/mol. The van der Waals surface area contributed by atoms with Crippen molar-refractivity contribution in [2.24, 2.45) is 0 Å². The Labute approximate surface area is 126 Å². The predicted octanol–water partition coefficient (Wildman–Crippen LogP) is 3.43. The fourth-order valence-electron chi connectivity index (χ4n) is 1.73. The van der Waals surface area contributed by atoms with Crippen LogP contribution < -0.4 is 10.5 Å². The van der Waals surface area contributed by atoms with Crippen LogP contribution in [0.25, 0.3) is 0 Å². The fraction of sp³-hybridized carbons (Fsp3) is 0.133. The van der Waals surface area contributed by atoms with E-state index >= 15 is 0 Å². The first kappa shape index (κ1) is 15.1. The summed E-state index contributed by atoms with van der Waals surface area (Å²) in [5.41, 5.74) is 6.46. The normalized spacial score (nSPS) is 10.2. The van der Waals surface area contributed by atoms with Gasteiger partial charge in [0.25, 0.3) is 0 Å². The van der Waals surface area contributed by atoms with Crippen LogP contribution in [-0.4, -0.2) is 13.1 Å². The zero-order valence-electron chi connectivity index (χ0n) is 11.2. The SMILES string of the molecule is COc1cc(C(=O)OCc2c(F)cccc2Cl)ccc1N. The molecule has 0 aliphatic heterocycles. The molecule has 0 amide bonds.